The Morgan fingerprint density at radius 2 is 1.75 bits per heavy atom. The third-order valence-electron chi connectivity index (χ3n) is 6.66. The van der Waals surface area contributed by atoms with E-state index in [1.54, 1.807) is 0 Å². The van der Waals surface area contributed by atoms with Crippen LogP contribution in [0.3, 0.4) is 0 Å². The number of amides is 2. The molecule has 2 heterocycles. The maximum absolute atomic E-state index is 12.8. The molecule has 3 aliphatic rings. The minimum Gasteiger partial charge on any atom is -0.344 e. The van der Waals surface area contributed by atoms with Crippen molar-refractivity contribution in [2.45, 2.75) is 76.3 Å². The molecule has 1 spiro atoms. The number of nitrogens with zero attached hydrogens (tertiary/aromatic N) is 2. The van der Waals surface area contributed by atoms with Crippen LogP contribution in [0.2, 0.25) is 0 Å². The SMILES string of the molecule is CN(C)C1CCC2(CC1)CCN(C(=O)[C@H]1CCCCC(=O)N1)CC2. The van der Waals surface area contributed by atoms with E-state index in [0.717, 1.165) is 51.2 Å². The molecule has 0 unspecified atom stereocenters. The zero-order valence-corrected chi connectivity index (χ0v) is 15.4. The van der Waals surface area contributed by atoms with Gasteiger partial charge in [-0.15, -0.1) is 0 Å². The Morgan fingerprint density at radius 3 is 2.38 bits per heavy atom. The summed E-state index contributed by atoms with van der Waals surface area (Å²) in [6, 6.07) is 0.454. The molecule has 0 aromatic heterocycles. The van der Waals surface area contributed by atoms with Gasteiger partial charge in [-0.1, -0.05) is 6.42 Å². The number of hydrogen-bond donors (Lipinski definition) is 1. The fourth-order valence-corrected chi connectivity index (χ4v) is 4.81. The van der Waals surface area contributed by atoms with Crippen LogP contribution in [0.4, 0.5) is 0 Å². The zero-order valence-electron chi connectivity index (χ0n) is 15.4. The van der Waals surface area contributed by atoms with E-state index in [4.69, 9.17) is 0 Å². The molecule has 5 nitrogen and oxygen atoms in total. The molecule has 3 rings (SSSR count). The van der Waals surface area contributed by atoms with Gasteiger partial charge < -0.3 is 15.1 Å². The molecular weight excluding hydrogens is 302 g/mol. The van der Waals surface area contributed by atoms with Gasteiger partial charge in [-0.2, -0.15) is 0 Å². The number of piperidine rings is 1. The normalized spacial score (nSPS) is 28.7. The van der Waals surface area contributed by atoms with E-state index < -0.39 is 0 Å². The lowest BCUT2D eigenvalue weighted by atomic mass is 9.66. The van der Waals surface area contributed by atoms with Gasteiger partial charge in [-0.3, -0.25) is 9.59 Å². The van der Waals surface area contributed by atoms with Gasteiger partial charge in [0.25, 0.3) is 0 Å². The van der Waals surface area contributed by atoms with E-state index >= 15 is 0 Å². The van der Waals surface area contributed by atoms with Gasteiger partial charge in [0.05, 0.1) is 0 Å². The van der Waals surface area contributed by atoms with Crippen molar-refractivity contribution in [3.8, 4) is 0 Å². The molecule has 0 radical (unpaired) electrons. The molecule has 0 aromatic rings. The van der Waals surface area contributed by atoms with Crippen LogP contribution < -0.4 is 5.32 Å². The summed E-state index contributed by atoms with van der Waals surface area (Å²) in [6.45, 7) is 1.75. The summed E-state index contributed by atoms with van der Waals surface area (Å²) in [5.41, 5.74) is 0.468. The lowest BCUT2D eigenvalue weighted by Crippen LogP contribution is -2.52. The Bertz CT molecular complexity index is 459. The topological polar surface area (TPSA) is 52.7 Å². The van der Waals surface area contributed by atoms with E-state index in [1.165, 1.54) is 25.7 Å². The number of likely N-dealkylation sites (tertiary alicyclic amines) is 1. The summed E-state index contributed by atoms with van der Waals surface area (Å²) >= 11 is 0. The Balaban J connectivity index is 1.51. The van der Waals surface area contributed by atoms with Gasteiger partial charge in [0.2, 0.25) is 11.8 Å². The quantitative estimate of drug-likeness (QED) is 0.841. The lowest BCUT2D eigenvalue weighted by molar-refractivity contribution is -0.138. The van der Waals surface area contributed by atoms with Gasteiger partial charge >= 0.3 is 0 Å². The predicted molar refractivity (Wildman–Crippen MR) is 94.6 cm³/mol. The van der Waals surface area contributed by atoms with Gasteiger partial charge in [0.1, 0.15) is 6.04 Å². The lowest BCUT2D eigenvalue weighted by Gasteiger charge is -2.47. The van der Waals surface area contributed by atoms with Crippen LogP contribution >= 0.6 is 0 Å². The Morgan fingerprint density at radius 1 is 1.08 bits per heavy atom. The first kappa shape index (κ1) is 17.7. The van der Waals surface area contributed by atoms with Crippen molar-refractivity contribution in [1.29, 1.82) is 0 Å². The number of carbonyl (C=O) groups is 2. The highest BCUT2D eigenvalue weighted by molar-refractivity contribution is 5.88. The molecule has 136 valence electrons. The van der Waals surface area contributed by atoms with Crippen LogP contribution in [0.5, 0.6) is 0 Å². The molecule has 5 heteroatoms. The smallest absolute Gasteiger partial charge is 0.245 e. The number of carbonyl (C=O) groups excluding carboxylic acids is 2. The molecule has 1 aliphatic carbocycles. The second-order valence-corrected chi connectivity index (χ2v) is 8.39. The summed E-state index contributed by atoms with van der Waals surface area (Å²) in [5, 5.41) is 2.93. The minimum atomic E-state index is -0.279. The summed E-state index contributed by atoms with van der Waals surface area (Å²) < 4.78 is 0. The first-order valence-corrected chi connectivity index (χ1v) is 9.74. The zero-order chi connectivity index (χ0) is 17.2. The molecule has 1 N–H and O–H groups in total. The van der Waals surface area contributed by atoms with Gasteiger partial charge in [0, 0.05) is 25.6 Å². The maximum atomic E-state index is 12.8. The van der Waals surface area contributed by atoms with Crippen LogP contribution in [0.1, 0.15) is 64.2 Å². The van der Waals surface area contributed by atoms with Gasteiger partial charge in [0.15, 0.2) is 0 Å². The molecule has 3 fully saturated rings. The third-order valence-corrected chi connectivity index (χ3v) is 6.66. The molecule has 2 saturated heterocycles. The third kappa shape index (κ3) is 3.93. The second kappa shape index (κ2) is 7.42. The van der Waals surface area contributed by atoms with Crippen LogP contribution in [-0.2, 0) is 9.59 Å². The van der Waals surface area contributed by atoms with E-state index in [9.17, 15) is 9.59 Å². The highest BCUT2D eigenvalue weighted by Crippen LogP contribution is 2.45. The Labute approximate surface area is 146 Å². The standard InChI is InChI=1S/C19H33N3O2/c1-21(2)15-7-9-19(10-8-15)11-13-22(14-12-19)18(24)16-5-3-4-6-17(23)20-16/h15-16H,3-14H2,1-2H3,(H,20,23)/t16-/m1/s1. The van der Waals surface area contributed by atoms with Crippen molar-refractivity contribution in [1.82, 2.24) is 15.1 Å². The predicted octanol–water partition coefficient (Wildman–Crippen LogP) is 2.16. The Hall–Kier alpha value is -1.10. The highest BCUT2D eigenvalue weighted by atomic mass is 16.2. The summed E-state index contributed by atoms with van der Waals surface area (Å²) in [5.74, 6) is 0.198. The van der Waals surface area contributed by atoms with Crippen LogP contribution in [0.15, 0.2) is 0 Å². The molecule has 1 atom stereocenters. The number of rotatable bonds is 2. The molecule has 0 aromatic carbocycles. The first-order chi connectivity index (χ1) is 11.5. The van der Waals surface area contributed by atoms with E-state index in [0.29, 0.717) is 11.8 Å². The van der Waals surface area contributed by atoms with Crippen molar-refractivity contribution in [3.05, 3.63) is 0 Å². The molecule has 1 saturated carbocycles. The number of hydrogen-bond acceptors (Lipinski definition) is 3. The first-order valence-electron chi connectivity index (χ1n) is 9.74. The van der Waals surface area contributed by atoms with Crippen molar-refractivity contribution >= 4 is 11.8 Å². The molecule has 2 aliphatic heterocycles. The van der Waals surface area contributed by atoms with E-state index in [-0.39, 0.29) is 17.9 Å². The van der Waals surface area contributed by atoms with Crippen LogP contribution in [0.25, 0.3) is 0 Å². The fourth-order valence-electron chi connectivity index (χ4n) is 4.81. The van der Waals surface area contributed by atoms with Crippen molar-refractivity contribution in [2.24, 2.45) is 5.41 Å². The van der Waals surface area contributed by atoms with Crippen LogP contribution in [-0.4, -0.2) is 60.9 Å². The fraction of sp³-hybridized carbons (Fsp3) is 0.895. The molecule has 24 heavy (non-hydrogen) atoms. The monoisotopic (exact) mass is 335 g/mol. The molecular formula is C19H33N3O2. The second-order valence-electron chi connectivity index (χ2n) is 8.39. The summed E-state index contributed by atoms with van der Waals surface area (Å²) in [7, 11) is 4.37. The average molecular weight is 335 g/mol. The Kier molecular flexibility index (Phi) is 5.48. The van der Waals surface area contributed by atoms with Gasteiger partial charge in [-0.05, 0) is 70.9 Å². The van der Waals surface area contributed by atoms with Gasteiger partial charge in [-0.25, -0.2) is 0 Å². The molecule has 2 amide bonds. The largest absolute Gasteiger partial charge is 0.344 e. The molecule has 0 bridgehead atoms. The average Bonchev–Trinajstić information content (AvgIpc) is 2.80. The van der Waals surface area contributed by atoms with Crippen LogP contribution in [0, 0.1) is 5.41 Å². The highest BCUT2D eigenvalue weighted by Gasteiger charge is 2.40. The minimum absolute atomic E-state index is 0.0429. The van der Waals surface area contributed by atoms with Crippen molar-refractivity contribution in [3.63, 3.8) is 0 Å². The number of nitrogens with one attached hydrogen (secondary N) is 1. The van der Waals surface area contributed by atoms with E-state index in [2.05, 4.69) is 24.3 Å². The van der Waals surface area contributed by atoms with Crippen molar-refractivity contribution in [2.75, 3.05) is 27.2 Å². The van der Waals surface area contributed by atoms with Crippen molar-refractivity contribution < 1.29 is 9.59 Å². The summed E-state index contributed by atoms with van der Waals surface area (Å²) in [6.07, 6.45) is 10.7. The maximum Gasteiger partial charge on any atom is 0.245 e. The van der Waals surface area contributed by atoms with E-state index in [1.807, 2.05) is 4.90 Å². The summed E-state index contributed by atoms with van der Waals surface area (Å²) in [4.78, 5) is 28.9.